The maximum absolute atomic E-state index is 15.0. The highest BCUT2D eigenvalue weighted by molar-refractivity contribution is 5.66. The summed E-state index contributed by atoms with van der Waals surface area (Å²) >= 11 is 0. The third kappa shape index (κ3) is 7.91. The summed E-state index contributed by atoms with van der Waals surface area (Å²) in [6.07, 6.45) is 8.67. The fourth-order valence-electron chi connectivity index (χ4n) is 5.13. The molecule has 0 aliphatic heterocycles. The highest BCUT2D eigenvalue weighted by Gasteiger charge is 2.27. The number of unbranched alkanes of at least 4 members (excludes halogenated alkanes) is 2. The van der Waals surface area contributed by atoms with E-state index < -0.39 is 23.3 Å². The van der Waals surface area contributed by atoms with E-state index in [4.69, 9.17) is 14.2 Å². The van der Waals surface area contributed by atoms with Gasteiger partial charge in [-0.1, -0.05) is 43.7 Å². The minimum absolute atomic E-state index is 0.0267. The van der Waals surface area contributed by atoms with E-state index in [9.17, 15) is 13.2 Å². The van der Waals surface area contributed by atoms with Crippen molar-refractivity contribution in [2.24, 2.45) is 0 Å². The van der Waals surface area contributed by atoms with Crippen LogP contribution in [0.15, 0.2) is 61.2 Å². The molecule has 0 heterocycles. The monoisotopic (exact) mass is 570 g/mol. The molecule has 0 saturated heterocycles. The standard InChI is InChI=1S/C34H38F4O3/c1-3-5-7-21-40-30-19-18-29(33(37)34(30)38)24-10-15-27(16-11-24)41-22-25-12-17-28(32(36)31(25)35)23-8-13-26(14-9-23)39-20-6-4-2/h3,10-12,15-19,23,26H,1,4-9,13-14,20-22H2,2H3. The Bertz CT molecular complexity index is 1280. The predicted octanol–water partition coefficient (Wildman–Crippen LogP) is 9.68. The number of benzene rings is 3. The molecule has 1 saturated carbocycles. The van der Waals surface area contributed by atoms with Crippen molar-refractivity contribution in [1.82, 2.24) is 0 Å². The Hall–Kier alpha value is -3.32. The Morgan fingerprint density at radius 3 is 2.24 bits per heavy atom. The number of hydrogen-bond acceptors (Lipinski definition) is 3. The van der Waals surface area contributed by atoms with E-state index in [1.54, 1.807) is 42.5 Å². The first kappa shape index (κ1) is 30.6. The van der Waals surface area contributed by atoms with Gasteiger partial charge in [0.25, 0.3) is 0 Å². The summed E-state index contributed by atoms with van der Waals surface area (Å²) in [6, 6.07) is 12.4. The van der Waals surface area contributed by atoms with Gasteiger partial charge in [-0.15, -0.1) is 6.58 Å². The minimum atomic E-state index is -1.05. The normalized spacial score (nSPS) is 16.9. The zero-order valence-electron chi connectivity index (χ0n) is 23.6. The van der Waals surface area contributed by atoms with Crippen molar-refractivity contribution in [3.63, 3.8) is 0 Å². The van der Waals surface area contributed by atoms with E-state index in [1.807, 2.05) is 0 Å². The summed E-state index contributed by atoms with van der Waals surface area (Å²) < 4.78 is 76.1. The van der Waals surface area contributed by atoms with Crippen molar-refractivity contribution in [3.05, 3.63) is 95.6 Å². The van der Waals surface area contributed by atoms with E-state index in [2.05, 4.69) is 13.5 Å². The van der Waals surface area contributed by atoms with Crippen LogP contribution in [-0.2, 0) is 11.3 Å². The molecule has 4 rings (SSSR count). The van der Waals surface area contributed by atoms with Crippen LogP contribution in [0.3, 0.4) is 0 Å². The van der Waals surface area contributed by atoms with Gasteiger partial charge < -0.3 is 14.2 Å². The highest BCUT2D eigenvalue weighted by atomic mass is 19.2. The summed E-state index contributed by atoms with van der Waals surface area (Å²) in [5.74, 6) is -3.54. The number of hydrogen-bond donors (Lipinski definition) is 0. The third-order valence-electron chi connectivity index (χ3n) is 7.57. The van der Waals surface area contributed by atoms with Gasteiger partial charge in [-0.05, 0) is 86.3 Å². The number of halogens is 4. The van der Waals surface area contributed by atoms with Gasteiger partial charge in [0, 0.05) is 17.7 Å². The van der Waals surface area contributed by atoms with Gasteiger partial charge in [0.15, 0.2) is 23.2 Å². The molecule has 0 unspecified atom stereocenters. The molecule has 220 valence electrons. The average molecular weight is 571 g/mol. The second-order valence-electron chi connectivity index (χ2n) is 10.5. The van der Waals surface area contributed by atoms with Crippen LogP contribution in [0.25, 0.3) is 11.1 Å². The minimum Gasteiger partial charge on any atom is -0.490 e. The van der Waals surface area contributed by atoms with Crippen molar-refractivity contribution in [3.8, 4) is 22.6 Å². The lowest BCUT2D eigenvalue weighted by Gasteiger charge is -2.29. The SMILES string of the molecule is C=CCCCOc1ccc(-c2ccc(OCc3ccc(C4CCC(OCCCC)CC4)c(F)c3F)cc2)c(F)c1F. The van der Waals surface area contributed by atoms with Crippen molar-refractivity contribution in [1.29, 1.82) is 0 Å². The molecule has 0 radical (unpaired) electrons. The van der Waals surface area contributed by atoms with Gasteiger partial charge in [0.2, 0.25) is 5.82 Å². The van der Waals surface area contributed by atoms with E-state index >= 15 is 4.39 Å². The zero-order chi connectivity index (χ0) is 29.2. The van der Waals surface area contributed by atoms with E-state index in [0.717, 1.165) is 51.6 Å². The summed E-state index contributed by atoms with van der Waals surface area (Å²) in [7, 11) is 0. The van der Waals surface area contributed by atoms with Gasteiger partial charge in [0.05, 0.1) is 12.7 Å². The fourth-order valence-corrected chi connectivity index (χ4v) is 5.13. The van der Waals surface area contributed by atoms with Crippen LogP contribution in [0, 0.1) is 23.3 Å². The van der Waals surface area contributed by atoms with Gasteiger partial charge in [0.1, 0.15) is 12.4 Å². The number of rotatable bonds is 14. The molecular formula is C34H38F4O3. The molecule has 3 aromatic rings. The Morgan fingerprint density at radius 2 is 1.54 bits per heavy atom. The Kier molecular flexibility index (Phi) is 11.3. The molecule has 1 aliphatic rings. The van der Waals surface area contributed by atoms with Crippen LogP contribution < -0.4 is 9.47 Å². The predicted molar refractivity (Wildman–Crippen MR) is 153 cm³/mol. The maximum atomic E-state index is 15.0. The molecule has 0 spiro atoms. The van der Waals surface area contributed by atoms with Crippen LogP contribution in [0.2, 0.25) is 0 Å². The number of ether oxygens (including phenoxy) is 3. The second kappa shape index (κ2) is 15.1. The fraction of sp³-hybridized carbons (Fsp3) is 0.412. The molecule has 7 heteroatoms. The molecular weight excluding hydrogens is 532 g/mol. The Labute approximate surface area is 240 Å². The first-order chi connectivity index (χ1) is 19.9. The average Bonchev–Trinajstić information content (AvgIpc) is 2.99. The first-order valence-electron chi connectivity index (χ1n) is 14.5. The summed E-state index contributed by atoms with van der Waals surface area (Å²) in [4.78, 5) is 0. The van der Waals surface area contributed by atoms with Crippen molar-refractivity contribution >= 4 is 0 Å². The molecule has 0 N–H and O–H groups in total. The molecule has 0 bridgehead atoms. The Balaban J connectivity index is 1.34. The molecule has 41 heavy (non-hydrogen) atoms. The summed E-state index contributed by atoms with van der Waals surface area (Å²) in [6.45, 7) is 6.59. The molecule has 0 amide bonds. The zero-order valence-corrected chi connectivity index (χ0v) is 23.6. The van der Waals surface area contributed by atoms with Crippen LogP contribution in [0.4, 0.5) is 17.6 Å². The number of allylic oxidation sites excluding steroid dienone is 1. The van der Waals surface area contributed by atoms with Crippen LogP contribution in [0.5, 0.6) is 11.5 Å². The van der Waals surface area contributed by atoms with Gasteiger partial charge in [-0.25, -0.2) is 13.2 Å². The quantitative estimate of drug-likeness (QED) is 0.110. The van der Waals surface area contributed by atoms with Gasteiger partial charge in [-0.3, -0.25) is 0 Å². The maximum Gasteiger partial charge on any atom is 0.201 e. The molecule has 1 fully saturated rings. The lowest BCUT2D eigenvalue weighted by Crippen LogP contribution is -2.22. The largest absolute Gasteiger partial charge is 0.490 e. The topological polar surface area (TPSA) is 27.7 Å². The van der Waals surface area contributed by atoms with Crippen molar-refractivity contribution < 1.29 is 31.8 Å². The highest BCUT2D eigenvalue weighted by Crippen LogP contribution is 2.37. The molecule has 0 aromatic heterocycles. The molecule has 0 atom stereocenters. The molecule has 3 aromatic carbocycles. The summed E-state index contributed by atoms with van der Waals surface area (Å²) in [5, 5.41) is 0. The van der Waals surface area contributed by atoms with Crippen LogP contribution in [0.1, 0.15) is 75.3 Å². The van der Waals surface area contributed by atoms with Crippen molar-refractivity contribution in [2.75, 3.05) is 13.2 Å². The van der Waals surface area contributed by atoms with Gasteiger partial charge >= 0.3 is 0 Å². The Morgan fingerprint density at radius 1 is 0.780 bits per heavy atom. The molecule has 1 aliphatic carbocycles. The lowest BCUT2D eigenvalue weighted by atomic mass is 9.82. The molecule has 3 nitrogen and oxygen atoms in total. The second-order valence-corrected chi connectivity index (χ2v) is 10.5. The first-order valence-corrected chi connectivity index (χ1v) is 14.5. The van der Waals surface area contributed by atoms with Crippen LogP contribution >= 0.6 is 0 Å². The van der Waals surface area contributed by atoms with Crippen LogP contribution in [-0.4, -0.2) is 19.3 Å². The van der Waals surface area contributed by atoms with E-state index in [1.165, 1.54) is 12.1 Å². The lowest BCUT2D eigenvalue weighted by molar-refractivity contribution is 0.0230. The van der Waals surface area contributed by atoms with Crippen molar-refractivity contribution in [2.45, 2.75) is 76.9 Å². The van der Waals surface area contributed by atoms with E-state index in [-0.39, 0.29) is 42.1 Å². The third-order valence-corrected chi connectivity index (χ3v) is 7.57. The smallest absolute Gasteiger partial charge is 0.201 e. The van der Waals surface area contributed by atoms with Gasteiger partial charge in [-0.2, -0.15) is 4.39 Å². The summed E-state index contributed by atoms with van der Waals surface area (Å²) in [5.41, 5.74) is 1.05. The van der Waals surface area contributed by atoms with E-state index in [0.29, 0.717) is 23.3 Å².